The maximum absolute atomic E-state index is 6.35. The van der Waals surface area contributed by atoms with E-state index in [1.807, 2.05) is 0 Å². The van der Waals surface area contributed by atoms with E-state index in [0.29, 0.717) is 12.0 Å². The molecule has 144 valence electrons. The molecule has 0 saturated heterocycles. The average molecular weight is 346 g/mol. The van der Waals surface area contributed by atoms with E-state index in [0.717, 1.165) is 12.8 Å². The Balaban J connectivity index is 1.90. The third kappa shape index (κ3) is 13.1. The van der Waals surface area contributed by atoms with Crippen molar-refractivity contribution in [2.45, 2.75) is 110 Å². The molecule has 0 radical (unpaired) electrons. The smallest absolute Gasteiger partial charge is 0.00414 e. The highest BCUT2D eigenvalue weighted by atomic mass is 14.6. The zero-order valence-electron chi connectivity index (χ0n) is 17.0. The molecule has 0 aliphatic rings. The highest BCUT2D eigenvalue weighted by Gasteiger charge is 2.09. The molecule has 25 heavy (non-hydrogen) atoms. The number of nitrogens with two attached hydrogens (primary N) is 1. The number of unbranched alkanes of at least 4 members (excludes halogenated alkanes) is 10. The molecule has 1 nitrogen and oxygen atoms in total. The van der Waals surface area contributed by atoms with Gasteiger partial charge in [0.25, 0.3) is 0 Å². The van der Waals surface area contributed by atoms with E-state index in [-0.39, 0.29) is 0 Å². The molecule has 0 heterocycles. The van der Waals surface area contributed by atoms with Gasteiger partial charge >= 0.3 is 0 Å². The van der Waals surface area contributed by atoms with Crippen molar-refractivity contribution in [3.8, 4) is 0 Å². The summed E-state index contributed by atoms with van der Waals surface area (Å²) in [6.45, 7) is 4.63. The van der Waals surface area contributed by atoms with Crippen molar-refractivity contribution in [3.05, 3.63) is 35.9 Å². The van der Waals surface area contributed by atoms with Crippen LogP contribution in [0.3, 0.4) is 0 Å². The highest BCUT2D eigenvalue weighted by Crippen LogP contribution is 2.17. The Morgan fingerprint density at radius 3 is 1.84 bits per heavy atom. The van der Waals surface area contributed by atoms with E-state index in [9.17, 15) is 0 Å². The van der Waals surface area contributed by atoms with Gasteiger partial charge in [-0.2, -0.15) is 0 Å². The lowest BCUT2D eigenvalue weighted by Gasteiger charge is -2.17. The molecule has 2 unspecified atom stereocenters. The molecule has 0 bridgehead atoms. The van der Waals surface area contributed by atoms with Crippen molar-refractivity contribution in [2.24, 2.45) is 11.7 Å². The van der Waals surface area contributed by atoms with Crippen LogP contribution in [-0.2, 0) is 6.42 Å². The van der Waals surface area contributed by atoms with Crippen LogP contribution in [0.4, 0.5) is 0 Å². The van der Waals surface area contributed by atoms with Crippen LogP contribution in [0, 0.1) is 5.92 Å². The molecule has 1 aromatic carbocycles. The molecule has 0 aliphatic heterocycles. The molecular formula is C24H43N. The lowest BCUT2D eigenvalue weighted by molar-refractivity contribution is 0.428. The molecule has 1 aromatic rings. The third-order valence-electron chi connectivity index (χ3n) is 5.31. The van der Waals surface area contributed by atoms with Gasteiger partial charge in [0.15, 0.2) is 0 Å². The largest absolute Gasteiger partial charge is 0.328 e. The van der Waals surface area contributed by atoms with Gasteiger partial charge in [-0.25, -0.2) is 0 Å². The van der Waals surface area contributed by atoms with Gasteiger partial charge in [-0.15, -0.1) is 0 Å². The zero-order valence-corrected chi connectivity index (χ0v) is 17.0. The molecule has 1 rings (SSSR count). The highest BCUT2D eigenvalue weighted by molar-refractivity contribution is 5.15. The Morgan fingerprint density at radius 2 is 1.28 bits per heavy atom. The van der Waals surface area contributed by atoms with Crippen LogP contribution in [0.1, 0.15) is 103 Å². The molecule has 0 aromatic heterocycles. The maximum Gasteiger partial charge on any atom is 0.00414 e. The van der Waals surface area contributed by atoms with Gasteiger partial charge in [0.2, 0.25) is 0 Å². The van der Waals surface area contributed by atoms with Crippen LogP contribution in [0.2, 0.25) is 0 Å². The second-order valence-corrected chi connectivity index (χ2v) is 8.11. The fraction of sp³-hybridized carbons (Fsp3) is 0.750. The molecule has 2 N–H and O–H groups in total. The van der Waals surface area contributed by atoms with Gasteiger partial charge in [-0.05, 0) is 30.7 Å². The van der Waals surface area contributed by atoms with Crippen molar-refractivity contribution >= 4 is 0 Å². The molecule has 0 saturated carbocycles. The number of hydrogen-bond donors (Lipinski definition) is 1. The summed E-state index contributed by atoms with van der Waals surface area (Å²) in [5.74, 6) is 0.685. The Morgan fingerprint density at radius 1 is 0.760 bits per heavy atom. The summed E-state index contributed by atoms with van der Waals surface area (Å²) in [5, 5.41) is 0. The molecule has 0 spiro atoms. The van der Waals surface area contributed by atoms with Crippen LogP contribution >= 0.6 is 0 Å². The fourth-order valence-corrected chi connectivity index (χ4v) is 3.81. The summed E-state index contributed by atoms with van der Waals surface area (Å²) in [7, 11) is 0. The summed E-state index contributed by atoms with van der Waals surface area (Å²) in [4.78, 5) is 0. The Labute approximate surface area is 157 Å². The normalized spacial score (nSPS) is 13.7. The topological polar surface area (TPSA) is 26.0 Å². The molecule has 0 aliphatic carbocycles. The second kappa shape index (κ2) is 15.4. The van der Waals surface area contributed by atoms with Gasteiger partial charge in [0, 0.05) is 6.04 Å². The van der Waals surface area contributed by atoms with Crippen molar-refractivity contribution in [1.29, 1.82) is 0 Å². The quantitative estimate of drug-likeness (QED) is 0.313. The van der Waals surface area contributed by atoms with Crippen molar-refractivity contribution in [3.63, 3.8) is 0 Å². The summed E-state index contributed by atoms with van der Waals surface area (Å²) in [6.07, 6.45) is 19.0. The predicted molar refractivity (Wildman–Crippen MR) is 113 cm³/mol. The van der Waals surface area contributed by atoms with Crippen molar-refractivity contribution in [1.82, 2.24) is 0 Å². The minimum absolute atomic E-state index is 0.386. The Bertz CT molecular complexity index is 386. The monoisotopic (exact) mass is 345 g/mol. The average Bonchev–Trinajstić information content (AvgIpc) is 2.60. The van der Waals surface area contributed by atoms with E-state index in [4.69, 9.17) is 5.73 Å². The van der Waals surface area contributed by atoms with Crippen LogP contribution < -0.4 is 5.73 Å². The summed E-state index contributed by atoms with van der Waals surface area (Å²) >= 11 is 0. The minimum Gasteiger partial charge on any atom is -0.328 e. The SMILES string of the molecule is CCCCCCCCCCCCCC(N)CC(C)Cc1ccccc1. The first-order valence-electron chi connectivity index (χ1n) is 11.0. The fourth-order valence-electron chi connectivity index (χ4n) is 3.81. The van der Waals surface area contributed by atoms with Crippen LogP contribution in [0.15, 0.2) is 30.3 Å². The van der Waals surface area contributed by atoms with Gasteiger partial charge in [0.1, 0.15) is 0 Å². The first kappa shape index (κ1) is 22.2. The zero-order chi connectivity index (χ0) is 18.2. The Kier molecular flexibility index (Phi) is 13.7. The summed E-state index contributed by atoms with van der Waals surface area (Å²) in [5.41, 5.74) is 7.79. The standard InChI is InChI=1S/C24H43N/c1-3-4-5-6-7-8-9-10-11-12-16-19-24(25)21-22(2)20-23-17-14-13-15-18-23/h13-15,17-18,22,24H,3-12,16,19-21,25H2,1-2H3. The number of benzene rings is 1. The van der Waals surface area contributed by atoms with Crippen LogP contribution in [-0.4, -0.2) is 6.04 Å². The lowest BCUT2D eigenvalue weighted by Crippen LogP contribution is -2.23. The van der Waals surface area contributed by atoms with Gasteiger partial charge < -0.3 is 5.73 Å². The second-order valence-electron chi connectivity index (χ2n) is 8.11. The molecule has 1 heteroatoms. The number of rotatable bonds is 16. The maximum atomic E-state index is 6.35. The van der Waals surface area contributed by atoms with E-state index < -0.39 is 0 Å². The van der Waals surface area contributed by atoms with Gasteiger partial charge in [-0.1, -0.05) is 115 Å². The first-order valence-corrected chi connectivity index (χ1v) is 11.0. The Hall–Kier alpha value is -0.820. The van der Waals surface area contributed by atoms with Gasteiger partial charge in [-0.3, -0.25) is 0 Å². The van der Waals surface area contributed by atoms with Gasteiger partial charge in [0.05, 0.1) is 0 Å². The number of hydrogen-bond acceptors (Lipinski definition) is 1. The van der Waals surface area contributed by atoms with Crippen molar-refractivity contribution < 1.29 is 0 Å². The first-order chi connectivity index (χ1) is 12.2. The lowest BCUT2D eigenvalue weighted by atomic mass is 9.92. The van der Waals surface area contributed by atoms with E-state index in [2.05, 4.69) is 44.2 Å². The molecule has 2 atom stereocenters. The molecule has 0 fully saturated rings. The minimum atomic E-state index is 0.386. The third-order valence-corrected chi connectivity index (χ3v) is 5.31. The summed E-state index contributed by atoms with van der Waals surface area (Å²) in [6, 6.07) is 11.2. The molecule has 0 amide bonds. The van der Waals surface area contributed by atoms with E-state index in [1.165, 1.54) is 82.6 Å². The summed E-state index contributed by atoms with van der Waals surface area (Å²) < 4.78 is 0. The van der Waals surface area contributed by atoms with E-state index >= 15 is 0 Å². The predicted octanol–water partition coefficient (Wildman–Crippen LogP) is 7.28. The van der Waals surface area contributed by atoms with Crippen LogP contribution in [0.25, 0.3) is 0 Å². The van der Waals surface area contributed by atoms with E-state index in [1.54, 1.807) is 0 Å². The van der Waals surface area contributed by atoms with Crippen LogP contribution in [0.5, 0.6) is 0 Å². The van der Waals surface area contributed by atoms with Crippen molar-refractivity contribution in [2.75, 3.05) is 0 Å². The molecular weight excluding hydrogens is 302 g/mol.